The zero-order valence-electron chi connectivity index (χ0n) is 13.4. The van der Waals surface area contributed by atoms with Gasteiger partial charge in [0.15, 0.2) is 0 Å². The van der Waals surface area contributed by atoms with Gasteiger partial charge in [-0.15, -0.1) is 0 Å². The van der Waals surface area contributed by atoms with Crippen LogP contribution in [0.3, 0.4) is 0 Å². The quantitative estimate of drug-likeness (QED) is 0.880. The maximum atomic E-state index is 13.7. The number of rotatable bonds is 5. The lowest BCUT2D eigenvalue weighted by Crippen LogP contribution is -2.38. The standard InChI is InChI=1S/C19H21FN2O2/c20-16-7-4-8-17(18(16)19(23)24)21-15-9-11-22(12-10-15)13-14-5-2-1-3-6-14/h1-8,15,21H,9-13H2,(H,23,24). The summed E-state index contributed by atoms with van der Waals surface area (Å²) < 4.78 is 13.7. The predicted molar refractivity (Wildman–Crippen MR) is 91.7 cm³/mol. The molecule has 0 aromatic heterocycles. The molecule has 1 aliphatic heterocycles. The van der Waals surface area contributed by atoms with Gasteiger partial charge >= 0.3 is 5.97 Å². The number of anilines is 1. The molecule has 5 heteroatoms. The van der Waals surface area contributed by atoms with E-state index in [1.807, 2.05) is 18.2 Å². The van der Waals surface area contributed by atoms with Gasteiger partial charge in [-0.1, -0.05) is 36.4 Å². The zero-order valence-corrected chi connectivity index (χ0v) is 13.4. The molecule has 0 bridgehead atoms. The number of carboxylic acids is 1. The molecule has 1 aliphatic rings. The summed E-state index contributed by atoms with van der Waals surface area (Å²) in [6.07, 6.45) is 1.81. The average molecular weight is 328 g/mol. The van der Waals surface area contributed by atoms with E-state index in [-0.39, 0.29) is 11.6 Å². The molecule has 3 rings (SSSR count). The highest BCUT2D eigenvalue weighted by Gasteiger charge is 2.22. The van der Waals surface area contributed by atoms with Crippen molar-refractivity contribution in [1.82, 2.24) is 4.90 Å². The van der Waals surface area contributed by atoms with Crippen LogP contribution in [0, 0.1) is 5.82 Å². The molecule has 2 aromatic carbocycles. The minimum atomic E-state index is -1.24. The van der Waals surface area contributed by atoms with Crippen LogP contribution in [0.2, 0.25) is 0 Å². The summed E-state index contributed by atoms with van der Waals surface area (Å²) in [5, 5.41) is 12.4. The summed E-state index contributed by atoms with van der Waals surface area (Å²) in [7, 11) is 0. The van der Waals surface area contributed by atoms with Crippen LogP contribution in [0.4, 0.5) is 10.1 Å². The van der Waals surface area contributed by atoms with E-state index in [1.54, 1.807) is 6.07 Å². The monoisotopic (exact) mass is 328 g/mol. The van der Waals surface area contributed by atoms with Crippen molar-refractivity contribution in [3.8, 4) is 0 Å². The lowest BCUT2D eigenvalue weighted by molar-refractivity contribution is 0.0693. The fourth-order valence-corrected chi connectivity index (χ4v) is 3.16. The van der Waals surface area contributed by atoms with Crippen LogP contribution >= 0.6 is 0 Å². The first-order valence-corrected chi connectivity index (χ1v) is 8.18. The highest BCUT2D eigenvalue weighted by atomic mass is 19.1. The van der Waals surface area contributed by atoms with Crippen LogP contribution in [0.1, 0.15) is 28.8 Å². The maximum Gasteiger partial charge on any atom is 0.340 e. The third-order valence-electron chi connectivity index (χ3n) is 4.42. The molecular weight excluding hydrogens is 307 g/mol. The lowest BCUT2D eigenvalue weighted by atomic mass is 10.0. The Kier molecular flexibility index (Phi) is 5.11. The molecule has 0 saturated carbocycles. The smallest absolute Gasteiger partial charge is 0.340 e. The van der Waals surface area contributed by atoms with Crippen LogP contribution in [0.5, 0.6) is 0 Å². The SMILES string of the molecule is O=C(O)c1c(F)cccc1NC1CCN(Cc2ccccc2)CC1. The second-order valence-electron chi connectivity index (χ2n) is 6.15. The van der Waals surface area contributed by atoms with Crippen LogP contribution in [-0.4, -0.2) is 35.1 Å². The molecule has 2 aromatic rings. The molecule has 0 unspecified atom stereocenters. The Morgan fingerprint density at radius 2 is 1.83 bits per heavy atom. The van der Waals surface area contributed by atoms with Gasteiger partial charge in [0, 0.05) is 25.7 Å². The molecule has 0 amide bonds. The molecule has 0 spiro atoms. The van der Waals surface area contributed by atoms with E-state index < -0.39 is 11.8 Å². The first-order valence-electron chi connectivity index (χ1n) is 8.18. The van der Waals surface area contributed by atoms with Crippen LogP contribution in [-0.2, 0) is 6.54 Å². The molecule has 2 N–H and O–H groups in total. The molecule has 4 nitrogen and oxygen atoms in total. The summed E-state index contributed by atoms with van der Waals surface area (Å²) in [4.78, 5) is 13.6. The second kappa shape index (κ2) is 7.45. The van der Waals surface area contributed by atoms with Crippen molar-refractivity contribution in [2.24, 2.45) is 0 Å². The molecule has 0 atom stereocenters. The van der Waals surface area contributed by atoms with Crippen LogP contribution < -0.4 is 5.32 Å². The molecular formula is C19H21FN2O2. The maximum absolute atomic E-state index is 13.7. The molecule has 126 valence electrons. The molecule has 0 aliphatic carbocycles. The molecule has 1 heterocycles. The van der Waals surface area contributed by atoms with Crippen LogP contribution in [0.15, 0.2) is 48.5 Å². The first-order chi connectivity index (χ1) is 11.6. The van der Waals surface area contributed by atoms with E-state index in [0.29, 0.717) is 5.69 Å². The Morgan fingerprint density at radius 1 is 1.12 bits per heavy atom. The number of nitrogens with zero attached hydrogens (tertiary/aromatic N) is 1. The molecule has 0 radical (unpaired) electrons. The van der Waals surface area contributed by atoms with Gasteiger partial charge in [0.2, 0.25) is 0 Å². The number of nitrogens with one attached hydrogen (secondary N) is 1. The Morgan fingerprint density at radius 3 is 2.50 bits per heavy atom. The summed E-state index contributed by atoms with van der Waals surface area (Å²) in [6, 6.07) is 14.8. The Balaban J connectivity index is 1.58. The number of carboxylic acid groups (broad SMARTS) is 1. The second-order valence-corrected chi connectivity index (χ2v) is 6.15. The number of likely N-dealkylation sites (tertiary alicyclic amines) is 1. The minimum Gasteiger partial charge on any atom is -0.478 e. The van der Waals surface area contributed by atoms with Gasteiger partial charge in [-0.25, -0.2) is 9.18 Å². The average Bonchev–Trinajstić information content (AvgIpc) is 2.57. The van der Waals surface area contributed by atoms with Crippen molar-refractivity contribution in [2.75, 3.05) is 18.4 Å². The number of halogens is 1. The molecule has 24 heavy (non-hydrogen) atoms. The topological polar surface area (TPSA) is 52.6 Å². The highest BCUT2D eigenvalue weighted by molar-refractivity contribution is 5.94. The number of carbonyl (C=O) groups is 1. The lowest BCUT2D eigenvalue weighted by Gasteiger charge is -2.33. The third-order valence-corrected chi connectivity index (χ3v) is 4.42. The van der Waals surface area contributed by atoms with Gasteiger partial charge in [-0.3, -0.25) is 4.90 Å². The van der Waals surface area contributed by atoms with E-state index in [9.17, 15) is 14.3 Å². The number of hydrogen-bond donors (Lipinski definition) is 2. The van der Waals surface area contributed by atoms with Crippen molar-refractivity contribution in [3.63, 3.8) is 0 Å². The summed E-state index contributed by atoms with van der Waals surface area (Å²) >= 11 is 0. The van der Waals surface area contributed by atoms with Gasteiger partial charge in [0.1, 0.15) is 11.4 Å². The number of aromatic carboxylic acids is 1. The van der Waals surface area contributed by atoms with E-state index in [4.69, 9.17) is 0 Å². The predicted octanol–water partition coefficient (Wildman–Crippen LogP) is 3.60. The fraction of sp³-hybridized carbons (Fsp3) is 0.316. The van der Waals surface area contributed by atoms with Gasteiger partial charge in [-0.05, 0) is 30.5 Å². The Hall–Kier alpha value is -2.40. The number of piperidine rings is 1. The Labute approximate surface area is 140 Å². The minimum absolute atomic E-state index is 0.164. The Bertz CT molecular complexity index is 698. The highest BCUT2D eigenvalue weighted by Crippen LogP contribution is 2.23. The van der Waals surface area contributed by atoms with E-state index in [1.165, 1.54) is 17.7 Å². The van der Waals surface area contributed by atoms with Crippen molar-refractivity contribution in [1.29, 1.82) is 0 Å². The zero-order chi connectivity index (χ0) is 16.9. The normalized spacial score (nSPS) is 16.0. The van der Waals surface area contributed by atoms with Gasteiger partial charge < -0.3 is 10.4 Å². The summed E-state index contributed by atoms with van der Waals surface area (Å²) in [6.45, 7) is 2.79. The van der Waals surface area contributed by atoms with Crippen molar-refractivity contribution in [3.05, 3.63) is 65.5 Å². The molecule has 1 fully saturated rings. The molecule has 1 saturated heterocycles. The van der Waals surface area contributed by atoms with Gasteiger partial charge in [0.05, 0.1) is 5.69 Å². The van der Waals surface area contributed by atoms with E-state index >= 15 is 0 Å². The van der Waals surface area contributed by atoms with E-state index in [2.05, 4.69) is 22.3 Å². The number of hydrogen-bond acceptors (Lipinski definition) is 3. The largest absolute Gasteiger partial charge is 0.478 e. The van der Waals surface area contributed by atoms with Crippen molar-refractivity contribution < 1.29 is 14.3 Å². The van der Waals surface area contributed by atoms with Crippen molar-refractivity contribution in [2.45, 2.75) is 25.4 Å². The van der Waals surface area contributed by atoms with Crippen LogP contribution in [0.25, 0.3) is 0 Å². The summed E-state index contributed by atoms with van der Waals surface area (Å²) in [5.74, 6) is -1.94. The third kappa shape index (κ3) is 3.92. The van der Waals surface area contributed by atoms with Gasteiger partial charge in [0.25, 0.3) is 0 Å². The number of benzene rings is 2. The summed E-state index contributed by atoms with van der Waals surface area (Å²) in [5.41, 5.74) is 1.38. The van der Waals surface area contributed by atoms with E-state index in [0.717, 1.165) is 32.5 Å². The fourth-order valence-electron chi connectivity index (χ4n) is 3.16. The first kappa shape index (κ1) is 16.5. The van der Waals surface area contributed by atoms with Gasteiger partial charge in [-0.2, -0.15) is 0 Å². The van der Waals surface area contributed by atoms with Crippen molar-refractivity contribution >= 4 is 11.7 Å².